The number of fused-ring (bicyclic) bond motifs is 1. The number of carbonyl (C=O) groups excluding carboxylic acids is 1. The predicted molar refractivity (Wildman–Crippen MR) is 120 cm³/mol. The first-order valence-corrected chi connectivity index (χ1v) is 11.2. The van der Waals surface area contributed by atoms with Crippen LogP contribution in [-0.4, -0.2) is 41.4 Å². The Bertz CT molecular complexity index is 1090. The minimum Gasteiger partial charge on any atom is -0.335 e. The Hall–Kier alpha value is -3.05. The van der Waals surface area contributed by atoms with E-state index in [1.165, 1.54) is 18.2 Å². The lowest BCUT2D eigenvalue weighted by Gasteiger charge is -2.39. The zero-order chi connectivity index (χ0) is 22.1. The standard InChI is InChI=1S/C27H26F2N2O/c28-22-11-9-20(10-12-22)24-18-31(27(32)21-6-2-1-3-7-21)26-13-14-30(17-25(24)26)16-19-5-4-8-23(29)15-19/h1-12,15,24-26H,13-14,16-18H2/t24-,25-,26-/m0/s1. The first-order chi connectivity index (χ1) is 15.6. The number of hydrogen-bond donors (Lipinski definition) is 0. The summed E-state index contributed by atoms with van der Waals surface area (Å²) < 4.78 is 27.2. The molecule has 3 aromatic carbocycles. The molecule has 3 aromatic rings. The molecular weight excluding hydrogens is 406 g/mol. The number of likely N-dealkylation sites (tertiary alicyclic amines) is 2. The molecular formula is C27H26F2N2O. The van der Waals surface area contributed by atoms with Gasteiger partial charge in [-0.2, -0.15) is 0 Å². The Morgan fingerprint density at radius 2 is 1.66 bits per heavy atom. The lowest BCUT2D eigenvalue weighted by atomic mass is 9.81. The molecule has 2 aliphatic rings. The third-order valence-electron chi connectivity index (χ3n) is 6.89. The van der Waals surface area contributed by atoms with E-state index >= 15 is 0 Å². The monoisotopic (exact) mass is 432 g/mol. The molecule has 0 spiro atoms. The topological polar surface area (TPSA) is 23.6 Å². The fourth-order valence-corrected chi connectivity index (χ4v) is 5.38. The molecule has 0 bridgehead atoms. The summed E-state index contributed by atoms with van der Waals surface area (Å²) in [4.78, 5) is 17.7. The highest BCUT2D eigenvalue weighted by atomic mass is 19.1. The van der Waals surface area contributed by atoms with Crippen LogP contribution in [0.3, 0.4) is 0 Å². The maximum absolute atomic E-state index is 13.7. The summed E-state index contributed by atoms with van der Waals surface area (Å²) in [6, 6.07) is 23.0. The summed E-state index contributed by atoms with van der Waals surface area (Å²) >= 11 is 0. The van der Waals surface area contributed by atoms with Gasteiger partial charge in [0.1, 0.15) is 11.6 Å². The largest absolute Gasteiger partial charge is 0.335 e. The zero-order valence-electron chi connectivity index (χ0n) is 17.8. The lowest BCUT2D eigenvalue weighted by Crippen LogP contribution is -2.47. The van der Waals surface area contributed by atoms with Crippen LogP contribution in [0.5, 0.6) is 0 Å². The summed E-state index contributed by atoms with van der Waals surface area (Å²) in [5.41, 5.74) is 2.72. The highest BCUT2D eigenvalue weighted by Crippen LogP contribution is 2.42. The van der Waals surface area contributed by atoms with Gasteiger partial charge in [-0.15, -0.1) is 0 Å². The van der Waals surface area contributed by atoms with E-state index in [1.54, 1.807) is 12.1 Å². The van der Waals surface area contributed by atoms with Crippen LogP contribution in [0.1, 0.15) is 33.8 Å². The van der Waals surface area contributed by atoms with Crippen molar-refractivity contribution in [1.29, 1.82) is 0 Å². The van der Waals surface area contributed by atoms with Gasteiger partial charge in [0.25, 0.3) is 5.91 Å². The zero-order valence-corrected chi connectivity index (χ0v) is 17.8. The van der Waals surface area contributed by atoms with Gasteiger partial charge in [-0.3, -0.25) is 9.69 Å². The van der Waals surface area contributed by atoms with Gasteiger partial charge in [-0.1, -0.05) is 42.5 Å². The van der Waals surface area contributed by atoms with E-state index in [0.717, 1.165) is 30.6 Å². The number of amides is 1. The molecule has 0 unspecified atom stereocenters. The van der Waals surface area contributed by atoms with Crippen molar-refractivity contribution in [3.8, 4) is 0 Å². The predicted octanol–water partition coefficient (Wildman–Crippen LogP) is 5.10. The fourth-order valence-electron chi connectivity index (χ4n) is 5.38. The Kier molecular flexibility index (Phi) is 5.75. The maximum atomic E-state index is 13.7. The fraction of sp³-hybridized carbons (Fsp3) is 0.296. The summed E-state index contributed by atoms with van der Waals surface area (Å²) in [7, 11) is 0. The molecule has 5 rings (SSSR count). The first-order valence-electron chi connectivity index (χ1n) is 11.2. The molecule has 2 heterocycles. The van der Waals surface area contributed by atoms with Gasteiger partial charge in [0.05, 0.1) is 0 Å². The maximum Gasteiger partial charge on any atom is 0.254 e. The van der Waals surface area contributed by atoms with Crippen molar-refractivity contribution >= 4 is 5.91 Å². The average molecular weight is 433 g/mol. The van der Waals surface area contributed by atoms with Gasteiger partial charge >= 0.3 is 0 Å². The second kappa shape index (κ2) is 8.83. The molecule has 0 N–H and O–H groups in total. The minimum absolute atomic E-state index is 0.0591. The Morgan fingerprint density at radius 3 is 2.41 bits per heavy atom. The highest BCUT2D eigenvalue weighted by molar-refractivity contribution is 5.94. The van der Waals surface area contributed by atoms with E-state index in [0.29, 0.717) is 18.7 Å². The smallest absolute Gasteiger partial charge is 0.254 e. The normalized spacial score (nSPS) is 23.2. The third-order valence-corrected chi connectivity index (χ3v) is 6.89. The van der Waals surface area contributed by atoms with E-state index < -0.39 is 0 Å². The molecule has 1 amide bonds. The van der Waals surface area contributed by atoms with Crippen LogP contribution in [0.15, 0.2) is 78.9 Å². The van der Waals surface area contributed by atoms with Crippen molar-refractivity contribution in [2.24, 2.45) is 5.92 Å². The summed E-state index contributed by atoms with van der Waals surface area (Å²) in [6.45, 7) is 2.99. The average Bonchev–Trinajstić information content (AvgIpc) is 3.18. The molecule has 164 valence electrons. The van der Waals surface area contributed by atoms with Crippen molar-refractivity contribution in [3.63, 3.8) is 0 Å². The number of hydrogen-bond acceptors (Lipinski definition) is 2. The molecule has 3 nitrogen and oxygen atoms in total. The van der Waals surface area contributed by atoms with Crippen LogP contribution >= 0.6 is 0 Å². The molecule has 0 saturated carbocycles. The number of halogens is 2. The lowest BCUT2D eigenvalue weighted by molar-refractivity contribution is 0.0614. The van der Waals surface area contributed by atoms with Crippen LogP contribution in [0.2, 0.25) is 0 Å². The Labute approximate surface area is 187 Å². The SMILES string of the molecule is O=C(c1ccccc1)N1C[C@@H](c2ccc(F)cc2)[C@@H]2CN(Cc3cccc(F)c3)CC[C@@H]21. The van der Waals surface area contributed by atoms with Crippen molar-refractivity contribution in [2.45, 2.75) is 24.9 Å². The molecule has 0 aliphatic carbocycles. The van der Waals surface area contributed by atoms with E-state index in [9.17, 15) is 13.6 Å². The highest BCUT2D eigenvalue weighted by Gasteiger charge is 2.47. The number of rotatable bonds is 4. The van der Waals surface area contributed by atoms with Gasteiger partial charge < -0.3 is 4.90 Å². The van der Waals surface area contributed by atoms with Crippen LogP contribution < -0.4 is 0 Å². The van der Waals surface area contributed by atoms with Crippen LogP contribution in [0.4, 0.5) is 8.78 Å². The third kappa shape index (κ3) is 4.17. The molecule has 32 heavy (non-hydrogen) atoms. The van der Waals surface area contributed by atoms with Crippen molar-refractivity contribution in [2.75, 3.05) is 19.6 Å². The molecule has 0 radical (unpaired) electrons. The van der Waals surface area contributed by atoms with Crippen molar-refractivity contribution in [3.05, 3.63) is 107 Å². The second-order valence-corrected chi connectivity index (χ2v) is 8.87. The van der Waals surface area contributed by atoms with Gasteiger partial charge in [0, 0.05) is 49.6 Å². The molecule has 5 heteroatoms. The van der Waals surface area contributed by atoms with Gasteiger partial charge in [0.2, 0.25) is 0 Å². The van der Waals surface area contributed by atoms with Crippen molar-refractivity contribution in [1.82, 2.24) is 9.80 Å². The van der Waals surface area contributed by atoms with Crippen LogP contribution in [-0.2, 0) is 6.54 Å². The number of nitrogens with zero attached hydrogens (tertiary/aromatic N) is 2. The van der Waals surface area contributed by atoms with Gasteiger partial charge in [-0.05, 0) is 53.9 Å². The van der Waals surface area contributed by atoms with E-state index in [2.05, 4.69) is 4.90 Å². The van der Waals surface area contributed by atoms with Crippen LogP contribution in [0, 0.1) is 17.6 Å². The molecule has 2 saturated heterocycles. The number of carbonyl (C=O) groups is 1. The summed E-state index contributed by atoms with van der Waals surface area (Å²) in [5, 5.41) is 0. The molecule has 3 atom stereocenters. The van der Waals surface area contributed by atoms with E-state index in [1.807, 2.05) is 53.4 Å². The molecule has 2 aliphatic heterocycles. The summed E-state index contributed by atoms with van der Waals surface area (Å²) in [5.74, 6) is -0.0261. The second-order valence-electron chi connectivity index (χ2n) is 8.87. The number of piperidine rings is 1. The molecule has 0 aromatic heterocycles. The van der Waals surface area contributed by atoms with Crippen molar-refractivity contribution < 1.29 is 13.6 Å². The minimum atomic E-state index is -0.253. The van der Waals surface area contributed by atoms with Crippen LogP contribution in [0.25, 0.3) is 0 Å². The quantitative estimate of drug-likeness (QED) is 0.573. The molecule has 2 fully saturated rings. The Balaban J connectivity index is 1.41. The van der Waals surface area contributed by atoms with Gasteiger partial charge in [-0.25, -0.2) is 8.78 Å². The van der Waals surface area contributed by atoms with E-state index in [-0.39, 0.29) is 35.4 Å². The van der Waals surface area contributed by atoms with E-state index in [4.69, 9.17) is 0 Å². The summed E-state index contributed by atoms with van der Waals surface area (Å²) in [6.07, 6.45) is 0.871. The van der Waals surface area contributed by atoms with Gasteiger partial charge in [0.15, 0.2) is 0 Å². The first kappa shape index (κ1) is 20.8. The number of benzene rings is 3. The Morgan fingerprint density at radius 1 is 0.875 bits per heavy atom.